The lowest BCUT2D eigenvalue weighted by Crippen LogP contribution is -2.34. The van der Waals surface area contributed by atoms with Gasteiger partial charge in [-0.2, -0.15) is 0 Å². The minimum atomic E-state index is -1.23. The van der Waals surface area contributed by atoms with E-state index in [-0.39, 0.29) is 24.8 Å². The van der Waals surface area contributed by atoms with Gasteiger partial charge in [0.1, 0.15) is 36.8 Å². The molecule has 0 radical (unpaired) electrons. The van der Waals surface area contributed by atoms with Gasteiger partial charge in [-0.3, -0.25) is 9.36 Å². The highest BCUT2D eigenvalue weighted by molar-refractivity contribution is 5.81. The molecule has 1 saturated heterocycles. The number of imidazole rings is 1. The van der Waals surface area contributed by atoms with Crippen LogP contribution in [-0.2, 0) is 14.3 Å². The number of carbonyl (C=O) groups excluding carboxylic acids is 1. The van der Waals surface area contributed by atoms with Crippen molar-refractivity contribution in [1.82, 2.24) is 19.5 Å². The van der Waals surface area contributed by atoms with E-state index < -0.39 is 24.5 Å². The molecular formula is C14H19N5O5. The maximum Gasteiger partial charge on any atom is 0.305 e. The molecule has 2 aromatic rings. The molecule has 10 heteroatoms. The van der Waals surface area contributed by atoms with Gasteiger partial charge in [0.2, 0.25) is 0 Å². The summed E-state index contributed by atoms with van der Waals surface area (Å²) < 4.78 is 12.2. The van der Waals surface area contributed by atoms with Gasteiger partial charge in [-0.25, -0.2) is 15.0 Å². The fraction of sp³-hybridized carbons (Fsp3) is 0.571. The fourth-order valence-electron chi connectivity index (χ4n) is 2.60. The van der Waals surface area contributed by atoms with Gasteiger partial charge in [-0.05, 0) is 6.42 Å². The monoisotopic (exact) mass is 337 g/mol. The van der Waals surface area contributed by atoms with E-state index in [1.807, 2.05) is 6.92 Å². The summed E-state index contributed by atoms with van der Waals surface area (Å²) in [6, 6.07) is 0. The van der Waals surface area contributed by atoms with Crippen LogP contribution in [0.1, 0.15) is 26.0 Å². The number of rotatable bonds is 5. The Kier molecular flexibility index (Phi) is 4.60. The maximum absolute atomic E-state index is 11.4. The maximum atomic E-state index is 11.4. The highest BCUT2D eigenvalue weighted by Gasteiger charge is 2.44. The fourth-order valence-corrected chi connectivity index (χ4v) is 2.60. The van der Waals surface area contributed by atoms with Crippen molar-refractivity contribution >= 4 is 23.0 Å². The summed E-state index contributed by atoms with van der Waals surface area (Å²) in [5, 5.41) is 20.4. The zero-order valence-electron chi connectivity index (χ0n) is 13.1. The van der Waals surface area contributed by atoms with Gasteiger partial charge in [-0.15, -0.1) is 0 Å². The number of fused-ring (bicyclic) bond motifs is 1. The predicted molar refractivity (Wildman–Crippen MR) is 81.5 cm³/mol. The third kappa shape index (κ3) is 2.90. The topological polar surface area (TPSA) is 146 Å². The minimum Gasteiger partial charge on any atom is -0.463 e. The van der Waals surface area contributed by atoms with Crippen molar-refractivity contribution in [1.29, 1.82) is 0 Å². The first-order valence-corrected chi connectivity index (χ1v) is 7.63. The smallest absolute Gasteiger partial charge is 0.305 e. The predicted octanol–water partition coefficient (Wildman–Crippen LogP) is -0.629. The molecule has 3 rings (SSSR count). The van der Waals surface area contributed by atoms with Crippen LogP contribution in [0, 0.1) is 0 Å². The minimum absolute atomic E-state index is 0.142. The third-order valence-corrected chi connectivity index (χ3v) is 3.86. The Hall–Kier alpha value is -2.30. The van der Waals surface area contributed by atoms with Gasteiger partial charge >= 0.3 is 5.97 Å². The number of nitrogens with two attached hydrogens (primary N) is 1. The van der Waals surface area contributed by atoms with Gasteiger partial charge in [0.15, 0.2) is 17.7 Å². The Bertz CT molecular complexity index is 735. The number of aliphatic hydroxyl groups is 2. The number of hydrogen-bond donors (Lipinski definition) is 3. The number of esters is 1. The number of aliphatic hydroxyl groups excluding tert-OH is 2. The lowest BCUT2D eigenvalue weighted by Gasteiger charge is -2.16. The Morgan fingerprint density at radius 3 is 2.92 bits per heavy atom. The van der Waals surface area contributed by atoms with Crippen molar-refractivity contribution in [2.75, 3.05) is 12.3 Å². The lowest BCUT2D eigenvalue weighted by atomic mass is 10.1. The summed E-state index contributed by atoms with van der Waals surface area (Å²) in [7, 11) is 0. The number of anilines is 1. The summed E-state index contributed by atoms with van der Waals surface area (Å²) in [5.74, 6) is -0.170. The Morgan fingerprint density at radius 1 is 1.38 bits per heavy atom. The highest BCUT2D eigenvalue weighted by Crippen LogP contribution is 2.32. The van der Waals surface area contributed by atoms with E-state index >= 15 is 0 Å². The van der Waals surface area contributed by atoms with E-state index in [9.17, 15) is 15.0 Å². The molecule has 4 N–H and O–H groups in total. The van der Waals surface area contributed by atoms with Gasteiger partial charge < -0.3 is 25.4 Å². The molecule has 10 nitrogen and oxygen atoms in total. The molecule has 4 atom stereocenters. The normalized spacial score (nSPS) is 26.8. The molecular weight excluding hydrogens is 318 g/mol. The molecule has 0 aromatic carbocycles. The van der Waals surface area contributed by atoms with Crippen LogP contribution in [0.3, 0.4) is 0 Å². The second kappa shape index (κ2) is 6.67. The van der Waals surface area contributed by atoms with Crippen LogP contribution >= 0.6 is 0 Å². The van der Waals surface area contributed by atoms with Crippen molar-refractivity contribution in [2.24, 2.45) is 0 Å². The van der Waals surface area contributed by atoms with E-state index in [0.29, 0.717) is 17.6 Å². The summed E-state index contributed by atoms with van der Waals surface area (Å²) in [6.07, 6.45) is -0.567. The van der Waals surface area contributed by atoms with Gasteiger partial charge in [-0.1, -0.05) is 6.92 Å². The van der Waals surface area contributed by atoms with Crippen LogP contribution < -0.4 is 5.73 Å². The molecule has 1 aliphatic rings. The molecule has 24 heavy (non-hydrogen) atoms. The lowest BCUT2D eigenvalue weighted by molar-refractivity contribution is -0.150. The van der Waals surface area contributed by atoms with Gasteiger partial charge in [0.05, 0.1) is 6.33 Å². The van der Waals surface area contributed by atoms with Crippen LogP contribution in [0.2, 0.25) is 0 Å². The largest absolute Gasteiger partial charge is 0.463 e. The third-order valence-electron chi connectivity index (χ3n) is 3.86. The number of ether oxygens (including phenoxy) is 2. The first-order valence-electron chi connectivity index (χ1n) is 7.63. The first kappa shape index (κ1) is 16.6. The van der Waals surface area contributed by atoms with E-state index in [1.54, 1.807) is 0 Å². The van der Waals surface area contributed by atoms with Crippen LogP contribution in [0.15, 0.2) is 12.7 Å². The molecule has 1 fully saturated rings. The van der Waals surface area contributed by atoms with Crippen LogP contribution in [0.4, 0.5) is 5.82 Å². The standard InChI is InChI=1S/C14H19N5O5/c1-2-3-8(20)23-4-7-10(21)11(22)14(24-7)19-6-18-9-12(15)16-5-17-13(9)19/h5-7,10-11,14,21-22H,2-4H2,1H3,(H2,15,16,17)/t7-,10-,11-,14-/m1/s1. The number of nitrogens with zero attached hydrogens (tertiary/aromatic N) is 4. The molecule has 0 bridgehead atoms. The van der Waals surface area contributed by atoms with Crippen molar-refractivity contribution in [3.63, 3.8) is 0 Å². The van der Waals surface area contributed by atoms with E-state index in [1.165, 1.54) is 17.2 Å². The summed E-state index contributed by atoms with van der Waals surface area (Å²) >= 11 is 0. The molecule has 130 valence electrons. The number of carbonyl (C=O) groups is 1. The zero-order chi connectivity index (χ0) is 17.3. The highest BCUT2D eigenvalue weighted by atomic mass is 16.6. The average Bonchev–Trinajstić information content (AvgIpc) is 3.10. The molecule has 1 aliphatic heterocycles. The summed E-state index contributed by atoms with van der Waals surface area (Å²) in [5.41, 5.74) is 6.48. The Labute approximate surface area is 137 Å². The number of aromatic nitrogens is 4. The molecule has 0 amide bonds. The molecule has 0 saturated carbocycles. The van der Waals surface area contributed by atoms with Crippen molar-refractivity contribution in [3.8, 4) is 0 Å². The number of nitrogen functional groups attached to an aromatic ring is 1. The molecule has 3 heterocycles. The van der Waals surface area contributed by atoms with Gasteiger partial charge in [0, 0.05) is 6.42 Å². The average molecular weight is 337 g/mol. The molecule has 0 spiro atoms. The first-order chi connectivity index (χ1) is 11.5. The molecule has 0 unspecified atom stereocenters. The van der Waals surface area contributed by atoms with Crippen molar-refractivity contribution in [3.05, 3.63) is 12.7 Å². The second-order valence-electron chi connectivity index (χ2n) is 5.56. The van der Waals surface area contributed by atoms with E-state index in [4.69, 9.17) is 15.2 Å². The Balaban J connectivity index is 1.77. The van der Waals surface area contributed by atoms with E-state index in [0.717, 1.165) is 0 Å². The SMILES string of the molecule is CCCC(=O)OC[C@H]1O[C@@H](n2cnc3c(N)ncnc32)[C@H](O)[C@@H]1O. The van der Waals surface area contributed by atoms with Crippen LogP contribution in [0.25, 0.3) is 11.2 Å². The second-order valence-corrected chi connectivity index (χ2v) is 5.56. The van der Waals surface area contributed by atoms with Crippen molar-refractivity contribution < 1.29 is 24.5 Å². The molecule has 0 aliphatic carbocycles. The van der Waals surface area contributed by atoms with E-state index in [2.05, 4.69) is 15.0 Å². The number of hydrogen-bond acceptors (Lipinski definition) is 9. The Morgan fingerprint density at radius 2 is 2.17 bits per heavy atom. The van der Waals surface area contributed by atoms with Crippen molar-refractivity contribution in [2.45, 2.75) is 44.3 Å². The van der Waals surface area contributed by atoms with Gasteiger partial charge in [0.25, 0.3) is 0 Å². The summed E-state index contributed by atoms with van der Waals surface area (Å²) in [6.45, 7) is 1.72. The summed E-state index contributed by atoms with van der Waals surface area (Å²) in [4.78, 5) is 23.5. The van der Waals surface area contributed by atoms with Crippen LogP contribution in [-0.4, -0.2) is 60.6 Å². The quantitative estimate of drug-likeness (QED) is 0.607. The zero-order valence-corrected chi connectivity index (χ0v) is 13.1. The van der Waals surface area contributed by atoms with Crippen LogP contribution in [0.5, 0.6) is 0 Å². The molecule has 2 aromatic heterocycles.